The Labute approximate surface area is 186 Å². The Hall–Kier alpha value is -2.07. The molecule has 150 valence electrons. The van der Waals surface area contributed by atoms with Crippen molar-refractivity contribution in [1.82, 2.24) is 25.3 Å². The topological polar surface area (TPSA) is 80.3 Å². The van der Waals surface area contributed by atoms with Gasteiger partial charge in [0.2, 0.25) is 11.7 Å². The summed E-state index contributed by atoms with van der Waals surface area (Å²) in [5.74, 6) is 1.90. The van der Waals surface area contributed by atoms with E-state index in [-0.39, 0.29) is 24.0 Å². The molecule has 0 saturated heterocycles. The average Bonchev–Trinajstić information content (AvgIpc) is 3.34. The lowest BCUT2D eigenvalue weighted by Gasteiger charge is -2.11. The maximum atomic E-state index is 5.90. The van der Waals surface area contributed by atoms with Crippen LogP contribution in [0.15, 0.2) is 58.3 Å². The Kier molecular flexibility index (Phi) is 9.29. The summed E-state index contributed by atoms with van der Waals surface area (Å²) in [7, 11) is 0. The predicted octanol–water partition coefficient (Wildman–Crippen LogP) is 3.61. The van der Waals surface area contributed by atoms with Gasteiger partial charge < -0.3 is 19.7 Å². The SMILES string of the molecule is CCNC(=NCCc1nc(-c2ccc(Cl)cc2)no1)NCCn1cccc1.I. The number of aromatic nitrogens is 3. The van der Waals surface area contributed by atoms with Gasteiger partial charge in [0.05, 0.1) is 6.54 Å². The van der Waals surface area contributed by atoms with Crippen LogP contribution in [0.4, 0.5) is 0 Å². The molecule has 0 aliphatic rings. The first-order valence-electron chi connectivity index (χ1n) is 8.96. The molecular formula is C19H24ClIN6O. The summed E-state index contributed by atoms with van der Waals surface area (Å²) in [4.78, 5) is 8.98. The molecule has 0 amide bonds. The van der Waals surface area contributed by atoms with Crippen LogP contribution >= 0.6 is 35.6 Å². The van der Waals surface area contributed by atoms with Crippen LogP contribution in [0.3, 0.4) is 0 Å². The second-order valence-electron chi connectivity index (χ2n) is 5.88. The molecule has 0 bridgehead atoms. The van der Waals surface area contributed by atoms with Crippen LogP contribution in [-0.2, 0) is 13.0 Å². The highest BCUT2D eigenvalue weighted by Gasteiger charge is 2.08. The molecule has 0 unspecified atom stereocenters. The smallest absolute Gasteiger partial charge is 0.228 e. The first kappa shape index (κ1) is 22.2. The zero-order chi connectivity index (χ0) is 18.9. The maximum Gasteiger partial charge on any atom is 0.228 e. The molecule has 2 N–H and O–H groups in total. The Morgan fingerprint density at radius 3 is 2.64 bits per heavy atom. The highest BCUT2D eigenvalue weighted by Crippen LogP contribution is 2.18. The van der Waals surface area contributed by atoms with E-state index < -0.39 is 0 Å². The van der Waals surface area contributed by atoms with Gasteiger partial charge in [-0.1, -0.05) is 16.8 Å². The van der Waals surface area contributed by atoms with Crippen LogP contribution in [-0.4, -0.2) is 40.3 Å². The van der Waals surface area contributed by atoms with Crippen molar-refractivity contribution in [1.29, 1.82) is 0 Å². The van der Waals surface area contributed by atoms with Crippen molar-refractivity contribution in [2.24, 2.45) is 4.99 Å². The zero-order valence-corrected chi connectivity index (χ0v) is 18.7. The average molecular weight is 515 g/mol. The molecule has 0 saturated carbocycles. The van der Waals surface area contributed by atoms with Gasteiger partial charge in [0.1, 0.15) is 0 Å². The third-order valence-electron chi connectivity index (χ3n) is 3.84. The standard InChI is InChI=1S/C19H23ClN6O.HI/c1-2-21-19(23-11-14-26-12-3-4-13-26)22-10-9-17-24-18(25-27-17)15-5-7-16(20)8-6-15;/h3-8,12-13H,2,9-11,14H2,1H3,(H2,21,22,23);1H. The minimum absolute atomic E-state index is 0. The van der Waals surface area contributed by atoms with E-state index in [0.717, 1.165) is 31.2 Å². The van der Waals surface area contributed by atoms with E-state index >= 15 is 0 Å². The maximum absolute atomic E-state index is 5.90. The summed E-state index contributed by atoms with van der Waals surface area (Å²) >= 11 is 5.90. The molecule has 9 heteroatoms. The first-order valence-corrected chi connectivity index (χ1v) is 9.34. The number of nitrogens with one attached hydrogen (secondary N) is 2. The van der Waals surface area contributed by atoms with Crippen molar-refractivity contribution in [3.63, 3.8) is 0 Å². The predicted molar refractivity (Wildman–Crippen MR) is 122 cm³/mol. The Morgan fingerprint density at radius 2 is 1.93 bits per heavy atom. The minimum atomic E-state index is 0. The molecule has 2 aromatic heterocycles. The fourth-order valence-corrected chi connectivity index (χ4v) is 2.63. The molecule has 0 fully saturated rings. The number of hydrogen-bond donors (Lipinski definition) is 2. The molecular weight excluding hydrogens is 491 g/mol. The fourth-order valence-electron chi connectivity index (χ4n) is 2.50. The Morgan fingerprint density at radius 1 is 1.18 bits per heavy atom. The van der Waals surface area contributed by atoms with E-state index in [9.17, 15) is 0 Å². The molecule has 0 aliphatic heterocycles. The van der Waals surface area contributed by atoms with Crippen molar-refractivity contribution >= 4 is 41.5 Å². The summed E-state index contributed by atoms with van der Waals surface area (Å²) in [6, 6.07) is 11.4. The van der Waals surface area contributed by atoms with E-state index in [1.54, 1.807) is 12.1 Å². The van der Waals surface area contributed by atoms with E-state index in [1.165, 1.54) is 0 Å². The van der Waals surface area contributed by atoms with E-state index in [0.29, 0.717) is 29.7 Å². The Bertz CT molecular complexity index is 848. The van der Waals surface area contributed by atoms with Gasteiger partial charge in [-0.3, -0.25) is 4.99 Å². The highest BCUT2D eigenvalue weighted by atomic mass is 127. The van der Waals surface area contributed by atoms with Gasteiger partial charge in [-0.25, -0.2) is 0 Å². The summed E-state index contributed by atoms with van der Waals surface area (Å²) in [6.07, 6.45) is 4.66. The summed E-state index contributed by atoms with van der Waals surface area (Å²) in [5.41, 5.74) is 0.873. The molecule has 2 heterocycles. The molecule has 3 rings (SSSR count). The molecule has 0 radical (unpaired) electrons. The lowest BCUT2D eigenvalue weighted by Crippen LogP contribution is -2.39. The molecule has 0 aliphatic carbocycles. The quantitative estimate of drug-likeness (QED) is 0.273. The lowest BCUT2D eigenvalue weighted by molar-refractivity contribution is 0.380. The highest BCUT2D eigenvalue weighted by molar-refractivity contribution is 14.0. The van der Waals surface area contributed by atoms with Crippen LogP contribution in [0, 0.1) is 0 Å². The van der Waals surface area contributed by atoms with Crippen molar-refractivity contribution in [3.8, 4) is 11.4 Å². The number of aliphatic imine (C=N–C) groups is 1. The molecule has 1 aromatic carbocycles. The van der Waals surface area contributed by atoms with Crippen LogP contribution < -0.4 is 10.6 Å². The van der Waals surface area contributed by atoms with Gasteiger partial charge in [-0.2, -0.15) is 4.98 Å². The normalized spacial score (nSPS) is 11.1. The number of benzene rings is 1. The van der Waals surface area contributed by atoms with E-state index in [1.807, 2.05) is 43.6 Å². The number of halogens is 2. The van der Waals surface area contributed by atoms with Gasteiger partial charge in [0.25, 0.3) is 0 Å². The third kappa shape index (κ3) is 6.83. The summed E-state index contributed by atoms with van der Waals surface area (Å²) in [6.45, 7) is 5.07. The van der Waals surface area contributed by atoms with Gasteiger partial charge in [0.15, 0.2) is 5.96 Å². The molecule has 28 heavy (non-hydrogen) atoms. The number of rotatable bonds is 8. The number of guanidine groups is 1. The first-order chi connectivity index (χ1) is 13.2. The van der Waals surface area contributed by atoms with E-state index in [4.69, 9.17) is 16.1 Å². The third-order valence-corrected chi connectivity index (χ3v) is 4.09. The zero-order valence-electron chi connectivity index (χ0n) is 15.6. The van der Waals surface area contributed by atoms with Crippen molar-refractivity contribution < 1.29 is 4.52 Å². The summed E-state index contributed by atoms with van der Waals surface area (Å²) in [5, 5.41) is 11.3. The number of hydrogen-bond acceptors (Lipinski definition) is 4. The monoisotopic (exact) mass is 514 g/mol. The molecule has 7 nitrogen and oxygen atoms in total. The molecule has 0 atom stereocenters. The van der Waals surface area contributed by atoms with Crippen LogP contribution in [0.5, 0.6) is 0 Å². The minimum Gasteiger partial charge on any atom is -0.357 e. The molecule has 0 spiro atoms. The lowest BCUT2D eigenvalue weighted by atomic mass is 10.2. The number of nitrogens with zero attached hydrogens (tertiary/aromatic N) is 4. The van der Waals surface area contributed by atoms with Crippen molar-refractivity contribution in [2.75, 3.05) is 19.6 Å². The Balaban J connectivity index is 0.00000280. The largest absolute Gasteiger partial charge is 0.357 e. The van der Waals surface area contributed by atoms with Crippen LogP contribution in [0.2, 0.25) is 5.02 Å². The van der Waals surface area contributed by atoms with Gasteiger partial charge in [0, 0.05) is 49.0 Å². The summed E-state index contributed by atoms with van der Waals surface area (Å²) < 4.78 is 7.43. The van der Waals surface area contributed by atoms with E-state index in [2.05, 4.69) is 30.3 Å². The van der Waals surface area contributed by atoms with Crippen LogP contribution in [0.25, 0.3) is 11.4 Å². The van der Waals surface area contributed by atoms with Crippen LogP contribution in [0.1, 0.15) is 12.8 Å². The molecule has 3 aromatic rings. The second kappa shape index (κ2) is 11.7. The van der Waals surface area contributed by atoms with Gasteiger partial charge >= 0.3 is 0 Å². The van der Waals surface area contributed by atoms with Gasteiger partial charge in [-0.15, -0.1) is 24.0 Å². The van der Waals surface area contributed by atoms with Gasteiger partial charge in [-0.05, 0) is 43.3 Å². The van der Waals surface area contributed by atoms with Crippen molar-refractivity contribution in [3.05, 3.63) is 59.7 Å². The van der Waals surface area contributed by atoms with Crippen molar-refractivity contribution in [2.45, 2.75) is 19.9 Å². The second-order valence-corrected chi connectivity index (χ2v) is 6.31. The fraction of sp³-hybridized carbons (Fsp3) is 0.316.